The molecule has 1 N–H and O–H groups in total. The van der Waals surface area contributed by atoms with Gasteiger partial charge in [-0.05, 0) is 82.1 Å². The summed E-state index contributed by atoms with van der Waals surface area (Å²) in [6, 6.07) is 2.16. The predicted molar refractivity (Wildman–Crippen MR) is 128 cm³/mol. The van der Waals surface area contributed by atoms with Crippen molar-refractivity contribution in [1.82, 2.24) is 0 Å². The van der Waals surface area contributed by atoms with Gasteiger partial charge in [0.25, 0.3) is 0 Å². The molecular formula is C26H39F2NO3S. The molecule has 4 rings (SSSR count). The number of nitrogens with zero attached hydrogens (tertiary/aromatic N) is 1. The van der Waals surface area contributed by atoms with E-state index in [1.165, 1.54) is 11.3 Å². The van der Waals surface area contributed by atoms with E-state index in [0.717, 1.165) is 66.8 Å². The van der Waals surface area contributed by atoms with Gasteiger partial charge < -0.3 is 14.7 Å². The van der Waals surface area contributed by atoms with Crippen LogP contribution < -0.4 is 4.90 Å². The highest BCUT2D eigenvalue weighted by atomic mass is 32.1. The topological polar surface area (TPSA) is 49.8 Å². The summed E-state index contributed by atoms with van der Waals surface area (Å²) < 4.78 is 33.0. The number of rotatable bonds is 6. The third-order valence-corrected chi connectivity index (χ3v) is 9.54. The second-order valence-corrected chi connectivity index (χ2v) is 11.7. The maximum absolute atomic E-state index is 13.9. The first-order chi connectivity index (χ1) is 15.8. The van der Waals surface area contributed by atoms with Crippen molar-refractivity contribution < 1.29 is 23.4 Å². The van der Waals surface area contributed by atoms with E-state index in [9.17, 15) is 18.7 Å². The maximum Gasteiger partial charge on any atom is 0.248 e. The van der Waals surface area contributed by atoms with Crippen LogP contribution in [0.15, 0.2) is 6.07 Å². The van der Waals surface area contributed by atoms with Crippen LogP contribution >= 0.6 is 11.3 Å². The van der Waals surface area contributed by atoms with Crippen molar-refractivity contribution in [2.45, 2.75) is 115 Å². The number of alkyl halides is 2. The summed E-state index contributed by atoms with van der Waals surface area (Å²) in [5.74, 6) is -1.58. The number of aliphatic hydroxyl groups excluding tert-OH is 1. The van der Waals surface area contributed by atoms with Crippen LogP contribution in [0.3, 0.4) is 0 Å². The molecule has 33 heavy (non-hydrogen) atoms. The molecule has 3 saturated carbocycles. The number of carbonyl (C=O) groups excluding carboxylic acids is 1. The van der Waals surface area contributed by atoms with Crippen molar-refractivity contribution in [2.24, 2.45) is 11.8 Å². The molecule has 0 bridgehead atoms. The fourth-order valence-corrected chi connectivity index (χ4v) is 7.20. The van der Waals surface area contributed by atoms with E-state index in [0.29, 0.717) is 18.8 Å². The normalized spacial score (nSPS) is 30.8. The second kappa shape index (κ2) is 10.7. The number of thiophene rings is 1. The van der Waals surface area contributed by atoms with E-state index in [-0.39, 0.29) is 49.3 Å². The Labute approximate surface area is 200 Å². The van der Waals surface area contributed by atoms with E-state index in [2.05, 4.69) is 13.0 Å². The summed E-state index contributed by atoms with van der Waals surface area (Å²) in [5.41, 5.74) is 0.833. The number of carbonyl (C=O) groups is 1. The molecule has 186 valence electrons. The van der Waals surface area contributed by atoms with E-state index in [1.807, 2.05) is 4.90 Å². The van der Waals surface area contributed by atoms with Gasteiger partial charge in [0.1, 0.15) is 0 Å². The van der Waals surface area contributed by atoms with Crippen LogP contribution in [0, 0.1) is 11.8 Å². The zero-order chi connectivity index (χ0) is 23.6. The summed E-state index contributed by atoms with van der Waals surface area (Å²) >= 11 is 1.51. The van der Waals surface area contributed by atoms with Gasteiger partial charge in [0.2, 0.25) is 11.8 Å². The Morgan fingerprint density at radius 3 is 2.30 bits per heavy atom. The summed E-state index contributed by atoms with van der Waals surface area (Å²) in [4.78, 5) is 17.8. The lowest BCUT2D eigenvalue weighted by Crippen LogP contribution is -2.47. The Kier molecular flexibility index (Phi) is 8.12. The first kappa shape index (κ1) is 25.1. The number of halogens is 2. The van der Waals surface area contributed by atoms with Gasteiger partial charge in [-0.2, -0.15) is 0 Å². The van der Waals surface area contributed by atoms with Crippen molar-refractivity contribution in [3.05, 3.63) is 15.8 Å². The molecule has 1 amide bonds. The Balaban J connectivity index is 1.60. The highest BCUT2D eigenvalue weighted by molar-refractivity contribution is 7.12. The Morgan fingerprint density at radius 1 is 1.09 bits per heavy atom. The minimum Gasteiger partial charge on any atom is -0.391 e. The average Bonchev–Trinajstić information content (AvgIpc) is 3.24. The van der Waals surface area contributed by atoms with Crippen LogP contribution in [-0.4, -0.2) is 36.2 Å². The molecule has 0 aromatic carbocycles. The van der Waals surface area contributed by atoms with Crippen molar-refractivity contribution in [3.63, 3.8) is 0 Å². The number of anilines is 1. The van der Waals surface area contributed by atoms with E-state index < -0.39 is 5.92 Å². The van der Waals surface area contributed by atoms with Crippen LogP contribution in [0.2, 0.25) is 0 Å². The van der Waals surface area contributed by atoms with Crippen LogP contribution in [0.4, 0.5) is 14.5 Å². The molecule has 3 aliphatic carbocycles. The number of methoxy groups -OCH3 is 1. The maximum atomic E-state index is 13.9. The quantitative estimate of drug-likeness (QED) is 0.493. The van der Waals surface area contributed by atoms with E-state index in [4.69, 9.17) is 4.74 Å². The van der Waals surface area contributed by atoms with Gasteiger partial charge >= 0.3 is 0 Å². The molecule has 1 aromatic heterocycles. The van der Waals surface area contributed by atoms with Gasteiger partial charge in [-0.3, -0.25) is 4.79 Å². The molecular weight excluding hydrogens is 444 g/mol. The number of ether oxygens (including phenoxy) is 1. The average molecular weight is 484 g/mol. The van der Waals surface area contributed by atoms with Crippen LogP contribution in [0.5, 0.6) is 0 Å². The number of hydrogen-bond acceptors (Lipinski definition) is 4. The fraction of sp³-hybridized carbons (Fsp3) is 0.808. The second-order valence-electron chi connectivity index (χ2n) is 10.6. The third kappa shape index (κ3) is 5.79. The predicted octanol–water partition coefficient (Wildman–Crippen LogP) is 6.65. The smallest absolute Gasteiger partial charge is 0.248 e. The summed E-state index contributed by atoms with van der Waals surface area (Å²) in [6.45, 7) is 2.13. The van der Waals surface area contributed by atoms with Crippen molar-refractivity contribution in [3.8, 4) is 0 Å². The molecule has 0 aliphatic heterocycles. The van der Waals surface area contributed by atoms with Gasteiger partial charge in [-0.25, -0.2) is 8.78 Å². The molecule has 0 radical (unpaired) electrons. The molecule has 4 nitrogen and oxygen atoms in total. The van der Waals surface area contributed by atoms with Crippen LogP contribution in [0.1, 0.15) is 99.6 Å². The molecule has 1 aromatic rings. The number of hydrogen-bond donors (Lipinski definition) is 1. The molecule has 1 heterocycles. The van der Waals surface area contributed by atoms with Crippen molar-refractivity contribution in [2.75, 3.05) is 12.0 Å². The zero-order valence-corrected chi connectivity index (χ0v) is 20.8. The standard InChI is InChI=1S/C26H39F2NO3S/c1-17-3-5-19(6-4-17)25(31)29(20-7-9-21(32-2)10-8-20)22-15-23(33-24(22)16-30)18-11-13-26(27,28)14-12-18/h15,17-21,30H,3-14,16H2,1-2H3. The molecule has 7 heteroatoms. The lowest BCUT2D eigenvalue weighted by Gasteiger charge is -2.39. The monoisotopic (exact) mass is 483 g/mol. The molecule has 3 fully saturated rings. The highest BCUT2D eigenvalue weighted by Crippen LogP contribution is 2.46. The molecule has 0 unspecified atom stereocenters. The van der Waals surface area contributed by atoms with E-state index >= 15 is 0 Å². The lowest BCUT2D eigenvalue weighted by atomic mass is 9.81. The van der Waals surface area contributed by atoms with Gasteiger partial charge in [-0.1, -0.05) is 6.92 Å². The van der Waals surface area contributed by atoms with Crippen LogP contribution in [-0.2, 0) is 16.1 Å². The Hall–Kier alpha value is -1.05. The lowest BCUT2D eigenvalue weighted by molar-refractivity contribution is -0.124. The Bertz CT molecular complexity index is 787. The summed E-state index contributed by atoms with van der Waals surface area (Å²) in [6.07, 6.45) is 8.65. The molecule has 3 aliphatic rings. The summed E-state index contributed by atoms with van der Waals surface area (Å²) in [7, 11) is 1.75. The Morgan fingerprint density at radius 2 is 1.73 bits per heavy atom. The van der Waals surface area contributed by atoms with E-state index in [1.54, 1.807) is 7.11 Å². The highest BCUT2D eigenvalue weighted by Gasteiger charge is 2.39. The summed E-state index contributed by atoms with van der Waals surface area (Å²) in [5, 5.41) is 10.2. The minimum atomic E-state index is -2.56. The van der Waals surface area contributed by atoms with Crippen molar-refractivity contribution in [1.29, 1.82) is 0 Å². The number of aliphatic hydroxyl groups is 1. The van der Waals surface area contributed by atoms with Crippen LogP contribution in [0.25, 0.3) is 0 Å². The fourth-order valence-electron chi connectivity index (χ4n) is 6.02. The minimum absolute atomic E-state index is 0.0320. The third-order valence-electron chi connectivity index (χ3n) is 8.27. The van der Waals surface area contributed by atoms with Gasteiger partial charge in [-0.15, -0.1) is 11.3 Å². The first-order valence-electron chi connectivity index (χ1n) is 12.8. The molecule has 0 atom stereocenters. The molecule has 0 spiro atoms. The van der Waals surface area contributed by atoms with Crippen molar-refractivity contribution >= 4 is 22.9 Å². The number of amides is 1. The SMILES string of the molecule is COC1CCC(N(C(=O)C2CCC(C)CC2)c2cc(C3CCC(F)(F)CC3)sc2CO)CC1. The largest absolute Gasteiger partial charge is 0.391 e. The molecule has 0 saturated heterocycles. The van der Waals surface area contributed by atoms with Gasteiger partial charge in [0.15, 0.2) is 0 Å². The van der Waals surface area contributed by atoms with Gasteiger partial charge in [0, 0.05) is 36.8 Å². The zero-order valence-electron chi connectivity index (χ0n) is 20.0. The van der Waals surface area contributed by atoms with Gasteiger partial charge in [0.05, 0.1) is 23.3 Å². The first-order valence-corrected chi connectivity index (χ1v) is 13.6.